The van der Waals surface area contributed by atoms with Crippen molar-refractivity contribution in [1.29, 1.82) is 0 Å². The molecule has 0 unspecified atom stereocenters. The lowest BCUT2D eigenvalue weighted by molar-refractivity contribution is -0.134. The lowest BCUT2D eigenvalue weighted by Crippen LogP contribution is -2.53. The average molecular weight is 296 g/mol. The van der Waals surface area contributed by atoms with Crippen LogP contribution in [-0.4, -0.2) is 37.6 Å². The van der Waals surface area contributed by atoms with Crippen LogP contribution in [0.5, 0.6) is 0 Å². The Kier molecular flexibility index (Phi) is 4.20. The van der Waals surface area contributed by atoms with Crippen molar-refractivity contribution in [1.82, 2.24) is 9.62 Å². The van der Waals surface area contributed by atoms with Crippen LogP contribution in [0.15, 0.2) is 29.2 Å². The van der Waals surface area contributed by atoms with Gasteiger partial charge in [0.1, 0.15) is 0 Å². The van der Waals surface area contributed by atoms with Gasteiger partial charge in [0.05, 0.1) is 18.0 Å². The first-order chi connectivity index (χ1) is 9.43. The van der Waals surface area contributed by atoms with Gasteiger partial charge in [-0.1, -0.05) is 25.5 Å². The number of benzene rings is 1. The van der Waals surface area contributed by atoms with Gasteiger partial charge in [-0.05, 0) is 24.1 Å². The standard InChI is InChI=1S/C13H16N2O4S/c1-2-3-10-4-6-11(7-5-10)20(18,19)15-8-12(16)14-13(17)9-15/h4-7H,2-3,8-9H2,1H3,(H,14,16,17). The van der Waals surface area contributed by atoms with E-state index in [-0.39, 0.29) is 18.0 Å². The molecule has 6 nitrogen and oxygen atoms in total. The molecule has 1 aliphatic heterocycles. The molecule has 0 radical (unpaired) electrons. The van der Waals surface area contributed by atoms with Crippen LogP contribution < -0.4 is 5.32 Å². The molecule has 0 atom stereocenters. The summed E-state index contributed by atoms with van der Waals surface area (Å²) >= 11 is 0. The fraction of sp³-hybridized carbons (Fsp3) is 0.385. The average Bonchev–Trinajstić information content (AvgIpc) is 2.38. The van der Waals surface area contributed by atoms with Crippen LogP contribution in [0.3, 0.4) is 0 Å². The van der Waals surface area contributed by atoms with Gasteiger partial charge in [-0.25, -0.2) is 8.42 Å². The highest BCUT2D eigenvalue weighted by molar-refractivity contribution is 7.89. The summed E-state index contributed by atoms with van der Waals surface area (Å²) in [4.78, 5) is 22.6. The Bertz CT molecular complexity index is 606. The van der Waals surface area contributed by atoms with Gasteiger partial charge in [0, 0.05) is 0 Å². The number of hydrogen-bond acceptors (Lipinski definition) is 4. The lowest BCUT2D eigenvalue weighted by atomic mass is 10.1. The molecule has 1 heterocycles. The molecular weight excluding hydrogens is 280 g/mol. The van der Waals surface area contributed by atoms with Crippen LogP contribution in [-0.2, 0) is 26.0 Å². The zero-order valence-electron chi connectivity index (χ0n) is 11.1. The summed E-state index contributed by atoms with van der Waals surface area (Å²) in [5.74, 6) is -1.21. The first kappa shape index (κ1) is 14.7. The minimum Gasteiger partial charge on any atom is -0.294 e. The predicted molar refractivity (Wildman–Crippen MR) is 72.3 cm³/mol. The van der Waals surface area contributed by atoms with E-state index < -0.39 is 21.8 Å². The molecule has 1 aliphatic rings. The number of aryl methyl sites for hydroxylation is 1. The van der Waals surface area contributed by atoms with Gasteiger partial charge in [-0.2, -0.15) is 4.31 Å². The molecule has 108 valence electrons. The van der Waals surface area contributed by atoms with Crippen molar-refractivity contribution in [2.24, 2.45) is 0 Å². The van der Waals surface area contributed by atoms with Crippen LogP contribution in [0.4, 0.5) is 0 Å². The van der Waals surface area contributed by atoms with Crippen molar-refractivity contribution < 1.29 is 18.0 Å². The number of piperazine rings is 1. The molecule has 0 spiro atoms. The molecule has 0 aliphatic carbocycles. The SMILES string of the molecule is CCCc1ccc(S(=O)(=O)N2CC(=O)NC(=O)C2)cc1. The Morgan fingerprint density at radius 2 is 1.65 bits per heavy atom. The predicted octanol–water partition coefficient (Wildman–Crippen LogP) is 0.286. The van der Waals surface area contributed by atoms with Crippen LogP contribution in [0.25, 0.3) is 0 Å². The number of nitrogens with one attached hydrogen (secondary N) is 1. The smallest absolute Gasteiger partial charge is 0.244 e. The van der Waals surface area contributed by atoms with Gasteiger partial charge in [0.25, 0.3) is 0 Å². The minimum atomic E-state index is -3.81. The fourth-order valence-electron chi connectivity index (χ4n) is 2.05. The Labute approximate surface area is 117 Å². The molecule has 1 aromatic rings. The number of carbonyl (C=O) groups excluding carboxylic acids is 2. The second-order valence-corrected chi connectivity index (χ2v) is 6.58. The molecule has 1 aromatic carbocycles. The van der Waals surface area contributed by atoms with Crippen LogP contribution >= 0.6 is 0 Å². The third kappa shape index (κ3) is 3.05. The lowest BCUT2D eigenvalue weighted by Gasteiger charge is -2.24. The van der Waals surface area contributed by atoms with E-state index >= 15 is 0 Å². The van der Waals surface area contributed by atoms with Gasteiger partial charge >= 0.3 is 0 Å². The molecular formula is C13H16N2O4S. The molecule has 20 heavy (non-hydrogen) atoms. The quantitative estimate of drug-likeness (QED) is 0.809. The largest absolute Gasteiger partial charge is 0.294 e. The normalized spacial score (nSPS) is 17.1. The van der Waals surface area contributed by atoms with E-state index in [4.69, 9.17) is 0 Å². The summed E-state index contributed by atoms with van der Waals surface area (Å²) in [5, 5.41) is 2.07. The molecule has 2 rings (SSSR count). The molecule has 1 saturated heterocycles. The highest BCUT2D eigenvalue weighted by Gasteiger charge is 2.32. The first-order valence-corrected chi connectivity index (χ1v) is 7.79. The van der Waals surface area contributed by atoms with Crippen LogP contribution in [0.2, 0.25) is 0 Å². The van der Waals surface area contributed by atoms with Crippen molar-refractivity contribution in [2.75, 3.05) is 13.1 Å². The van der Waals surface area contributed by atoms with Gasteiger partial charge in [0.2, 0.25) is 21.8 Å². The Balaban J connectivity index is 2.25. The molecule has 1 N–H and O–H groups in total. The maximum atomic E-state index is 12.3. The van der Waals surface area contributed by atoms with E-state index in [2.05, 4.69) is 5.32 Å². The van der Waals surface area contributed by atoms with Crippen molar-refractivity contribution in [2.45, 2.75) is 24.7 Å². The third-order valence-electron chi connectivity index (χ3n) is 3.02. The number of hydrogen-bond donors (Lipinski definition) is 1. The second-order valence-electron chi connectivity index (χ2n) is 4.64. The minimum absolute atomic E-state index is 0.0971. The van der Waals surface area contributed by atoms with E-state index in [1.165, 1.54) is 12.1 Å². The number of rotatable bonds is 4. The van der Waals surface area contributed by atoms with E-state index in [9.17, 15) is 18.0 Å². The fourth-order valence-corrected chi connectivity index (χ4v) is 3.40. The van der Waals surface area contributed by atoms with Crippen molar-refractivity contribution in [3.63, 3.8) is 0 Å². The highest BCUT2D eigenvalue weighted by Crippen LogP contribution is 2.17. The molecule has 1 fully saturated rings. The molecule has 0 aromatic heterocycles. The Hall–Kier alpha value is -1.73. The van der Waals surface area contributed by atoms with Crippen LogP contribution in [0, 0.1) is 0 Å². The summed E-state index contributed by atoms with van der Waals surface area (Å²) in [5.41, 5.74) is 1.05. The summed E-state index contributed by atoms with van der Waals surface area (Å²) in [6.07, 6.45) is 1.86. The van der Waals surface area contributed by atoms with Crippen molar-refractivity contribution >= 4 is 21.8 Å². The summed E-state index contributed by atoms with van der Waals surface area (Å²) in [6, 6.07) is 6.53. The van der Waals surface area contributed by atoms with Crippen LogP contribution in [0.1, 0.15) is 18.9 Å². The third-order valence-corrected chi connectivity index (χ3v) is 4.82. The Morgan fingerprint density at radius 1 is 1.10 bits per heavy atom. The van der Waals surface area contributed by atoms with E-state index in [0.29, 0.717) is 0 Å². The van der Waals surface area contributed by atoms with E-state index in [0.717, 1.165) is 22.7 Å². The molecule has 7 heteroatoms. The second kappa shape index (κ2) is 5.72. The summed E-state index contributed by atoms with van der Waals surface area (Å²) < 4.78 is 25.6. The zero-order valence-corrected chi connectivity index (χ0v) is 11.9. The maximum absolute atomic E-state index is 12.3. The van der Waals surface area contributed by atoms with Gasteiger partial charge < -0.3 is 0 Å². The monoisotopic (exact) mass is 296 g/mol. The number of amides is 2. The molecule has 0 bridgehead atoms. The first-order valence-electron chi connectivity index (χ1n) is 6.35. The van der Waals surface area contributed by atoms with E-state index in [1.807, 2.05) is 6.92 Å². The van der Waals surface area contributed by atoms with Gasteiger partial charge in [0.15, 0.2) is 0 Å². The number of nitrogens with zero attached hydrogens (tertiary/aromatic N) is 1. The van der Waals surface area contributed by atoms with Crippen molar-refractivity contribution in [3.05, 3.63) is 29.8 Å². The van der Waals surface area contributed by atoms with E-state index in [1.54, 1.807) is 12.1 Å². The van der Waals surface area contributed by atoms with Crippen molar-refractivity contribution in [3.8, 4) is 0 Å². The Morgan fingerprint density at radius 3 is 2.15 bits per heavy atom. The maximum Gasteiger partial charge on any atom is 0.244 e. The topological polar surface area (TPSA) is 83.6 Å². The number of carbonyl (C=O) groups is 2. The van der Waals surface area contributed by atoms with Gasteiger partial charge in [-0.15, -0.1) is 0 Å². The summed E-state index contributed by atoms with van der Waals surface area (Å²) in [6.45, 7) is 1.39. The highest BCUT2D eigenvalue weighted by atomic mass is 32.2. The summed E-state index contributed by atoms with van der Waals surface area (Å²) in [7, 11) is -3.81. The number of sulfonamides is 1. The number of imide groups is 1. The molecule has 2 amide bonds. The van der Waals surface area contributed by atoms with Gasteiger partial charge in [-0.3, -0.25) is 14.9 Å². The molecule has 0 saturated carbocycles. The zero-order chi connectivity index (χ0) is 14.8.